The monoisotopic (exact) mass is 270 g/mol. The van der Waals surface area contributed by atoms with E-state index in [1.165, 1.54) is 0 Å². The van der Waals surface area contributed by atoms with Crippen molar-refractivity contribution < 1.29 is 34.5 Å². The van der Waals surface area contributed by atoms with Gasteiger partial charge in [0, 0.05) is 0 Å². The molecule has 1 rings (SSSR count). The first-order valence-electron chi connectivity index (χ1n) is 4.76. The number of rotatable bonds is 5. The van der Waals surface area contributed by atoms with Crippen molar-refractivity contribution in [3.63, 3.8) is 0 Å². The van der Waals surface area contributed by atoms with Crippen LogP contribution in [-0.4, -0.2) is 73.1 Å². The molecule has 0 radical (unpaired) electrons. The predicted molar refractivity (Wildman–Crippen MR) is 54.6 cm³/mol. The summed E-state index contributed by atoms with van der Waals surface area (Å²) in [4.78, 5) is 29.4. The molecule has 17 heavy (non-hydrogen) atoms. The lowest BCUT2D eigenvalue weighted by atomic mass is 9.89. The summed E-state index contributed by atoms with van der Waals surface area (Å²) >= 11 is 0. The Bertz CT molecular complexity index is 345. The molecule has 4 atom stereocenters. The van der Waals surface area contributed by atoms with Crippen LogP contribution in [0.3, 0.4) is 0 Å². The van der Waals surface area contributed by atoms with E-state index in [1.807, 2.05) is 0 Å². The number of hydrogen-bond donors (Lipinski definition) is 6. The Labute approximate surface area is 96.6 Å². The maximum Gasteiger partial charge on any atom is 0.344 e. The van der Waals surface area contributed by atoms with Crippen molar-refractivity contribution in [1.29, 1.82) is 0 Å². The van der Waals surface area contributed by atoms with E-state index in [2.05, 4.69) is 0 Å². The molecule has 1 heterocycles. The SMILES string of the molecule is N[C@@H]1C(=O)N(CP(=O)(O)O)[C@H]1[C@H](O)[C@H](O)CO. The molecule has 9 nitrogen and oxygen atoms in total. The molecular formula is C7H15N2O7P. The number of β-lactam (4-membered cyclic amide) rings is 1. The Balaban J connectivity index is 2.76. The molecule has 1 fully saturated rings. The van der Waals surface area contributed by atoms with E-state index in [-0.39, 0.29) is 0 Å². The van der Waals surface area contributed by atoms with E-state index < -0.39 is 50.7 Å². The maximum absolute atomic E-state index is 11.3. The fourth-order valence-electron chi connectivity index (χ4n) is 1.69. The van der Waals surface area contributed by atoms with Gasteiger partial charge in [0.25, 0.3) is 0 Å². The number of aliphatic hydroxyl groups is 3. The maximum atomic E-state index is 11.3. The second kappa shape index (κ2) is 4.99. The predicted octanol–water partition coefficient (Wildman–Crippen LogP) is -3.63. The number of likely N-dealkylation sites (tertiary alicyclic amines) is 1. The number of nitrogens with zero attached hydrogens (tertiary/aromatic N) is 1. The van der Waals surface area contributed by atoms with Crippen molar-refractivity contribution in [1.82, 2.24) is 4.90 Å². The van der Waals surface area contributed by atoms with Gasteiger partial charge in [-0.05, 0) is 0 Å². The summed E-state index contributed by atoms with van der Waals surface area (Å²) in [6.07, 6.45) is -3.96. The van der Waals surface area contributed by atoms with Crippen LogP contribution in [0.4, 0.5) is 0 Å². The van der Waals surface area contributed by atoms with Crippen LogP contribution in [0.1, 0.15) is 0 Å². The summed E-state index contributed by atoms with van der Waals surface area (Å²) in [5.41, 5.74) is 5.37. The molecule has 0 aromatic rings. The van der Waals surface area contributed by atoms with Gasteiger partial charge >= 0.3 is 7.60 Å². The molecule has 0 aliphatic carbocycles. The van der Waals surface area contributed by atoms with E-state index in [9.17, 15) is 19.6 Å². The number of aliphatic hydroxyl groups excluding tert-OH is 3. The van der Waals surface area contributed by atoms with Crippen LogP contribution in [0.5, 0.6) is 0 Å². The van der Waals surface area contributed by atoms with E-state index in [0.29, 0.717) is 4.90 Å². The third-order valence-corrected chi connectivity index (χ3v) is 3.24. The first-order valence-corrected chi connectivity index (χ1v) is 6.56. The molecule has 0 bridgehead atoms. The quantitative estimate of drug-likeness (QED) is 0.220. The molecule has 1 saturated heterocycles. The lowest BCUT2D eigenvalue weighted by Crippen LogP contribution is -2.74. The Morgan fingerprint density at radius 2 is 1.94 bits per heavy atom. The minimum absolute atomic E-state index is 0.703. The molecule has 1 aliphatic heterocycles. The lowest BCUT2D eigenvalue weighted by Gasteiger charge is -2.48. The van der Waals surface area contributed by atoms with Crippen molar-refractivity contribution in [3.8, 4) is 0 Å². The standard InChI is InChI=1S/C7H15N2O7P/c8-4-5(6(12)3(11)1-10)9(7(4)13)2-17(14,15)16/h3-6,10-12H,1-2,8H2,(H2,14,15,16)/t3-,4+,5-,6-/m1/s1. The minimum atomic E-state index is -4.47. The van der Waals surface area contributed by atoms with Crippen LogP contribution in [0.15, 0.2) is 0 Å². The molecule has 0 unspecified atom stereocenters. The molecule has 0 aromatic heterocycles. The van der Waals surface area contributed by atoms with Crippen LogP contribution < -0.4 is 5.73 Å². The van der Waals surface area contributed by atoms with Crippen molar-refractivity contribution >= 4 is 13.5 Å². The normalized spacial score (nSPS) is 28.8. The van der Waals surface area contributed by atoms with E-state index >= 15 is 0 Å². The molecule has 10 heteroatoms. The third-order valence-electron chi connectivity index (χ3n) is 2.56. The van der Waals surface area contributed by atoms with Gasteiger partial charge in [0.2, 0.25) is 5.91 Å². The summed E-state index contributed by atoms with van der Waals surface area (Å²) < 4.78 is 10.8. The van der Waals surface area contributed by atoms with Crippen LogP contribution in [0, 0.1) is 0 Å². The topological polar surface area (TPSA) is 165 Å². The molecule has 0 aromatic carbocycles. The molecule has 0 saturated carbocycles. The zero-order chi connectivity index (χ0) is 13.4. The highest BCUT2D eigenvalue weighted by molar-refractivity contribution is 7.51. The van der Waals surface area contributed by atoms with E-state index in [1.54, 1.807) is 0 Å². The first-order chi connectivity index (χ1) is 7.69. The van der Waals surface area contributed by atoms with Gasteiger partial charge in [-0.1, -0.05) is 0 Å². The highest BCUT2D eigenvalue weighted by atomic mass is 31.2. The van der Waals surface area contributed by atoms with Gasteiger partial charge in [-0.2, -0.15) is 0 Å². The number of hydrogen-bond acceptors (Lipinski definition) is 6. The molecule has 1 aliphatic rings. The fraction of sp³-hybridized carbons (Fsp3) is 0.857. The Morgan fingerprint density at radius 3 is 2.35 bits per heavy atom. The van der Waals surface area contributed by atoms with E-state index in [0.717, 1.165) is 0 Å². The Hall–Kier alpha value is -0.540. The second-order valence-corrected chi connectivity index (χ2v) is 5.48. The molecule has 1 amide bonds. The first kappa shape index (κ1) is 14.5. The fourth-order valence-corrected chi connectivity index (χ4v) is 2.42. The van der Waals surface area contributed by atoms with Crippen molar-refractivity contribution in [2.75, 3.05) is 12.9 Å². The molecule has 0 spiro atoms. The number of carbonyl (C=O) groups excluding carboxylic acids is 1. The van der Waals surface area contributed by atoms with Gasteiger partial charge in [0.05, 0.1) is 12.6 Å². The van der Waals surface area contributed by atoms with Crippen molar-refractivity contribution in [3.05, 3.63) is 0 Å². The largest absolute Gasteiger partial charge is 0.394 e. The number of nitrogens with two attached hydrogens (primary N) is 1. The Kier molecular flexibility index (Phi) is 4.26. The smallest absolute Gasteiger partial charge is 0.344 e. The van der Waals surface area contributed by atoms with Gasteiger partial charge in [-0.3, -0.25) is 9.36 Å². The average molecular weight is 270 g/mol. The van der Waals surface area contributed by atoms with Crippen molar-refractivity contribution in [2.45, 2.75) is 24.3 Å². The molecule has 100 valence electrons. The van der Waals surface area contributed by atoms with Gasteiger partial charge in [-0.25, -0.2) is 0 Å². The molecular weight excluding hydrogens is 255 g/mol. The van der Waals surface area contributed by atoms with Crippen LogP contribution in [0.25, 0.3) is 0 Å². The second-order valence-electron chi connectivity index (χ2n) is 3.87. The van der Waals surface area contributed by atoms with Crippen LogP contribution >= 0.6 is 7.60 Å². The lowest BCUT2D eigenvalue weighted by molar-refractivity contribution is -0.160. The van der Waals surface area contributed by atoms with Gasteiger partial charge in [0.1, 0.15) is 24.5 Å². The third kappa shape index (κ3) is 3.02. The van der Waals surface area contributed by atoms with Gasteiger partial charge < -0.3 is 35.7 Å². The van der Waals surface area contributed by atoms with Crippen LogP contribution in [0.2, 0.25) is 0 Å². The minimum Gasteiger partial charge on any atom is -0.394 e. The summed E-state index contributed by atoms with van der Waals surface area (Å²) in [7, 11) is -4.47. The number of amides is 1. The van der Waals surface area contributed by atoms with Crippen LogP contribution in [-0.2, 0) is 9.36 Å². The molecule has 7 N–H and O–H groups in total. The van der Waals surface area contributed by atoms with Gasteiger partial charge in [-0.15, -0.1) is 0 Å². The zero-order valence-electron chi connectivity index (χ0n) is 8.75. The summed E-state index contributed by atoms with van der Waals surface area (Å²) in [6.45, 7) is -0.748. The average Bonchev–Trinajstić information content (AvgIpc) is 2.24. The highest BCUT2D eigenvalue weighted by Crippen LogP contribution is 2.39. The summed E-state index contributed by atoms with van der Waals surface area (Å²) in [5, 5.41) is 27.4. The summed E-state index contributed by atoms with van der Waals surface area (Å²) in [5.74, 6) is -0.720. The highest BCUT2D eigenvalue weighted by Gasteiger charge is 2.52. The Morgan fingerprint density at radius 1 is 1.41 bits per heavy atom. The summed E-state index contributed by atoms with van der Waals surface area (Å²) in [6, 6.07) is -2.25. The zero-order valence-corrected chi connectivity index (χ0v) is 9.64. The van der Waals surface area contributed by atoms with Gasteiger partial charge in [0.15, 0.2) is 0 Å². The van der Waals surface area contributed by atoms with E-state index in [4.69, 9.17) is 20.6 Å². The van der Waals surface area contributed by atoms with Crippen molar-refractivity contribution in [2.24, 2.45) is 5.73 Å². The number of carbonyl (C=O) groups is 1.